The van der Waals surface area contributed by atoms with E-state index in [-0.39, 0.29) is 30.2 Å². The largest absolute Gasteiger partial charge is 0.346 e. The quantitative estimate of drug-likeness (QED) is 0.671. The van der Waals surface area contributed by atoms with Gasteiger partial charge in [0.1, 0.15) is 12.2 Å². The predicted molar refractivity (Wildman–Crippen MR) is 100 cm³/mol. The molecule has 0 aromatic carbocycles. The van der Waals surface area contributed by atoms with Gasteiger partial charge < -0.3 is 19.8 Å². The molecule has 1 aliphatic heterocycles. The standard InChI is InChI=1S/C18H21N7O2/c1-11-4-7-24(18(27)23(2)8-5-19)10-14(11)25-15-12-3-6-20-16(12)21-9-13(15)22-17(25)26/h3,6,9,11,14H,4,7-8,10H2,1-2H3,(H,20,21)(H,22,26)/t11-,14+/m1/s1. The van der Waals surface area contributed by atoms with Crippen molar-refractivity contribution in [3.8, 4) is 6.07 Å². The Kier molecular flexibility index (Phi) is 4.11. The van der Waals surface area contributed by atoms with Crippen LogP contribution in [0.3, 0.4) is 0 Å². The molecule has 140 valence electrons. The maximum atomic E-state index is 12.8. The van der Waals surface area contributed by atoms with E-state index in [1.807, 2.05) is 12.1 Å². The van der Waals surface area contributed by atoms with Gasteiger partial charge in [-0.25, -0.2) is 14.6 Å². The third kappa shape index (κ3) is 2.73. The van der Waals surface area contributed by atoms with Crippen LogP contribution in [0.2, 0.25) is 0 Å². The van der Waals surface area contributed by atoms with Gasteiger partial charge in [0, 0.05) is 31.7 Å². The number of rotatable bonds is 2. The number of likely N-dealkylation sites (tertiary alicyclic amines) is 1. The minimum atomic E-state index is -0.197. The molecule has 1 aliphatic rings. The van der Waals surface area contributed by atoms with Gasteiger partial charge in [0.25, 0.3) is 0 Å². The average Bonchev–Trinajstić information content (AvgIpc) is 3.25. The highest BCUT2D eigenvalue weighted by Crippen LogP contribution is 2.31. The van der Waals surface area contributed by atoms with Gasteiger partial charge in [0.15, 0.2) is 0 Å². The van der Waals surface area contributed by atoms with Crippen LogP contribution in [-0.4, -0.2) is 62.0 Å². The number of aromatic amines is 2. The van der Waals surface area contributed by atoms with Crippen molar-refractivity contribution < 1.29 is 4.79 Å². The fourth-order valence-electron chi connectivity index (χ4n) is 3.91. The molecule has 0 bridgehead atoms. The second-order valence-corrected chi connectivity index (χ2v) is 7.14. The molecule has 1 fully saturated rings. The summed E-state index contributed by atoms with van der Waals surface area (Å²) in [4.78, 5) is 38.8. The summed E-state index contributed by atoms with van der Waals surface area (Å²) in [6, 6.07) is 3.56. The van der Waals surface area contributed by atoms with Crippen LogP contribution in [0.15, 0.2) is 23.3 Å². The van der Waals surface area contributed by atoms with Crippen molar-refractivity contribution in [3.63, 3.8) is 0 Å². The number of hydrogen-bond acceptors (Lipinski definition) is 4. The fraction of sp³-hybridized carbons (Fsp3) is 0.444. The topological polar surface area (TPSA) is 114 Å². The van der Waals surface area contributed by atoms with Crippen LogP contribution in [0.4, 0.5) is 4.79 Å². The number of nitriles is 1. The molecule has 0 unspecified atom stereocenters. The molecule has 3 aromatic heterocycles. The van der Waals surface area contributed by atoms with E-state index < -0.39 is 0 Å². The molecule has 9 nitrogen and oxygen atoms in total. The lowest BCUT2D eigenvalue weighted by Crippen LogP contribution is -2.49. The van der Waals surface area contributed by atoms with Crippen LogP contribution in [0.25, 0.3) is 22.1 Å². The van der Waals surface area contributed by atoms with Crippen LogP contribution >= 0.6 is 0 Å². The highest BCUT2D eigenvalue weighted by Gasteiger charge is 2.33. The maximum absolute atomic E-state index is 12.8. The third-order valence-electron chi connectivity index (χ3n) is 5.41. The number of urea groups is 1. The Labute approximate surface area is 155 Å². The van der Waals surface area contributed by atoms with Crippen molar-refractivity contribution in [1.29, 1.82) is 5.26 Å². The molecule has 4 rings (SSSR count). The van der Waals surface area contributed by atoms with Crippen LogP contribution in [0.1, 0.15) is 19.4 Å². The first-order chi connectivity index (χ1) is 13.0. The number of pyridine rings is 1. The van der Waals surface area contributed by atoms with Gasteiger partial charge in [-0.3, -0.25) is 4.57 Å². The molecule has 0 spiro atoms. The minimum Gasteiger partial charge on any atom is -0.346 e. The maximum Gasteiger partial charge on any atom is 0.326 e. The Bertz CT molecular complexity index is 1100. The van der Waals surface area contributed by atoms with Crippen LogP contribution < -0.4 is 5.69 Å². The Balaban J connectivity index is 1.77. The Morgan fingerprint density at radius 2 is 2.33 bits per heavy atom. The smallest absolute Gasteiger partial charge is 0.326 e. The molecule has 0 aliphatic carbocycles. The summed E-state index contributed by atoms with van der Waals surface area (Å²) in [5, 5.41) is 9.72. The Morgan fingerprint density at radius 1 is 1.52 bits per heavy atom. The molecule has 4 heterocycles. The van der Waals surface area contributed by atoms with E-state index in [1.165, 1.54) is 4.90 Å². The zero-order valence-corrected chi connectivity index (χ0v) is 15.3. The first kappa shape index (κ1) is 17.1. The first-order valence-electron chi connectivity index (χ1n) is 8.94. The van der Waals surface area contributed by atoms with Crippen molar-refractivity contribution in [2.75, 3.05) is 26.7 Å². The van der Waals surface area contributed by atoms with Crippen molar-refractivity contribution in [2.24, 2.45) is 5.92 Å². The third-order valence-corrected chi connectivity index (χ3v) is 5.41. The van der Waals surface area contributed by atoms with Gasteiger partial charge in [-0.15, -0.1) is 0 Å². The fourth-order valence-corrected chi connectivity index (χ4v) is 3.91. The zero-order chi connectivity index (χ0) is 19.1. The van der Waals surface area contributed by atoms with E-state index in [2.05, 4.69) is 21.9 Å². The lowest BCUT2D eigenvalue weighted by Gasteiger charge is -2.38. The van der Waals surface area contributed by atoms with Crippen molar-refractivity contribution >= 4 is 28.1 Å². The lowest BCUT2D eigenvalue weighted by molar-refractivity contribution is 0.120. The summed E-state index contributed by atoms with van der Waals surface area (Å²) in [6.07, 6.45) is 4.25. The molecule has 0 radical (unpaired) electrons. The lowest BCUT2D eigenvalue weighted by atomic mass is 9.93. The van der Waals surface area contributed by atoms with Gasteiger partial charge in [-0.05, 0) is 18.4 Å². The molecule has 27 heavy (non-hydrogen) atoms. The number of H-pyrrole nitrogens is 2. The molecule has 3 aromatic rings. The molecular formula is C18H21N7O2. The average molecular weight is 367 g/mol. The van der Waals surface area contributed by atoms with Gasteiger partial charge in [-0.1, -0.05) is 6.92 Å². The molecular weight excluding hydrogens is 346 g/mol. The summed E-state index contributed by atoms with van der Waals surface area (Å²) in [5.74, 6) is 0.231. The number of amides is 2. The van der Waals surface area contributed by atoms with Crippen LogP contribution in [0, 0.1) is 17.2 Å². The number of piperidine rings is 1. The van der Waals surface area contributed by atoms with E-state index in [4.69, 9.17) is 5.26 Å². The monoisotopic (exact) mass is 367 g/mol. The Hall–Kier alpha value is -3.28. The van der Waals surface area contributed by atoms with E-state index in [1.54, 1.807) is 28.9 Å². The second-order valence-electron chi connectivity index (χ2n) is 7.14. The number of hydrogen-bond donors (Lipinski definition) is 2. The van der Waals surface area contributed by atoms with Crippen LogP contribution in [-0.2, 0) is 0 Å². The number of carbonyl (C=O) groups is 1. The predicted octanol–water partition coefficient (Wildman–Crippen LogP) is 1.66. The van der Waals surface area contributed by atoms with Gasteiger partial charge >= 0.3 is 11.7 Å². The molecule has 2 atom stereocenters. The summed E-state index contributed by atoms with van der Waals surface area (Å²) in [7, 11) is 1.62. The summed E-state index contributed by atoms with van der Waals surface area (Å²) < 4.78 is 1.77. The molecule has 9 heteroatoms. The molecule has 2 N–H and O–H groups in total. The van der Waals surface area contributed by atoms with E-state index in [0.29, 0.717) is 18.6 Å². The zero-order valence-electron chi connectivity index (χ0n) is 15.3. The molecule has 2 amide bonds. The molecule has 0 saturated carbocycles. The van der Waals surface area contributed by atoms with Gasteiger partial charge in [0.2, 0.25) is 0 Å². The number of imidazole rings is 1. The minimum absolute atomic E-state index is 0.0399. The first-order valence-corrected chi connectivity index (χ1v) is 8.94. The molecule has 1 saturated heterocycles. The number of aromatic nitrogens is 4. The van der Waals surface area contributed by atoms with Crippen LogP contribution in [0.5, 0.6) is 0 Å². The van der Waals surface area contributed by atoms with Crippen molar-refractivity contribution in [3.05, 3.63) is 28.9 Å². The number of fused-ring (bicyclic) bond motifs is 3. The highest BCUT2D eigenvalue weighted by atomic mass is 16.2. The highest BCUT2D eigenvalue weighted by molar-refractivity contribution is 6.00. The van der Waals surface area contributed by atoms with E-state index in [0.717, 1.165) is 23.0 Å². The summed E-state index contributed by atoms with van der Waals surface area (Å²) >= 11 is 0. The number of nitrogens with zero attached hydrogens (tertiary/aromatic N) is 5. The normalized spacial score (nSPS) is 20.1. The van der Waals surface area contributed by atoms with Crippen molar-refractivity contribution in [2.45, 2.75) is 19.4 Å². The van der Waals surface area contributed by atoms with Gasteiger partial charge in [-0.2, -0.15) is 5.26 Å². The number of carbonyl (C=O) groups excluding carboxylic acids is 1. The SMILES string of the molecule is C[C@@H]1CCN(C(=O)N(C)CC#N)C[C@@H]1n1c(=O)[nH]c2cnc3[nH]ccc3c21. The van der Waals surface area contributed by atoms with Gasteiger partial charge in [0.05, 0.1) is 29.3 Å². The second kappa shape index (κ2) is 6.46. The number of nitrogens with one attached hydrogen (secondary N) is 2. The Morgan fingerprint density at radius 3 is 3.11 bits per heavy atom. The summed E-state index contributed by atoms with van der Waals surface area (Å²) in [5.41, 5.74) is 2.02. The summed E-state index contributed by atoms with van der Waals surface area (Å²) in [6.45, 7) is 3.19. The van der Waals surface area contributed by atoms with E-state index >= 15 is 0 Å². The van der Waals surface area contributed by atoms with E-state index in [9.17, 15) is 9.59 Å². The van der Waals surface area contributed by atoms with Crippen molar-refractivity contribution in [1.82, 2.24) is 29.3 Å².